The van der Waals surface area contributed by atoms with Crippen molar-refractivity contribution in [1.82, 2.24) is 14.8 Å². The summed E-state index contributed by atoms with van der Waals surface area (Å²) < 4.78 is 6.36. The lowest BCUT2D eigenvalue weighted by atomic mass is 10.2. The molecule has 2 aromatic heterocycles. The average Bonchev–Trinajstić information content (AvgIpc) is 2.83. The number of esters is 1. The minimum absolute atomic E-state index is 0.287. The molecule has 2 heterocycles. The number of nitrogens with one attached hydrogen (secondary N) is 1. The van der Waals surface area contributed by atoms with E-state index in [0.29, 0.717) is 17.9 Å². The third kappa shape index (κ3) is 3.01. The van der Waals surface area contributed by atoms with Crippen molar-refractivity contribution in [2.75, 3.05) is 18.2 Å². The van der Waals surface area contributed by atoms with E-state index < -0.39 is 5.97 Å². The first-order chi connectivity index (χ1) is 9.10. The van der Waals surface area contributed by atoms with Gasteiger partial charge in [-0.2, -0.15) is 5.10 Å². The first kappa shape index (κ1) is 12.9. The van der Waals surface area contributed by atoms with Crippen molar-refractivity contribution in [2.24, 2.45) is 7.05 Å². The predicted molar refractivity (Wildman–Crippen MR) is 70.5 cm³/mol. The van der Waals surface area contributed by atoms with Crippen LogP contribution in [0.4, 0.5) is 11.5 Å². The number of rotatable bonds is 4. The molecule has 0 amide bonds. The van der Waals surface area contributed by atoms with Crippen LogP contribution in [0.1, 0.15) is 16.1 Å². The van der Waals surface area contributed by atoms with Crippen LogP contribution in [0, 0.1) is 0 Å². The first-order valence-corrected chi connectivity index (χ1v) is 5.66. The van der Waals surface area contributed by atoms with Crippen molar-refractivity contribution in [2.45, 2.75) is 6.54 Å². The molecule has 0 saturated carbocycles. The SMILES string of the molecule is COC(=O)c1cc(NCc2ccn(C)n2)ncc1N. The molecule has 0 unspecified atom stereocenters. The van der Waals surface area contributed by atoms with Gasteiger partial charge < -0.3 is 15.8 Å². The average molecular weight is 261 g/mol. The van der Waals surface area contributed by atoms with Crippen LogP contribution >= 0.6 is 0 Å². The third-order valence-electron chi connectivity index (χ3n) is 2.56. The van der Waals surface area contributed by atoms with Crippen LogP contribution in [0.5, 0.6) is 0 Å². The molecule has 0 aliphatic heterocycles. The zero-order valence-electron chi connectivity index (χ0n) is 10.8. The number of hydrogen-bond acceptors (Lipinski definition) is 6. The summed E-state index contributed by atoms with van der Waals surface area (Å²) in [6.45, 7) is 0.512. The molecule has 0 saturated heterocycles. The summed E-state index contributed by atoms with van der Waals surface area (Å²) in [6.07, 6.45) is 3.28. The fraction of sp³-hybridized carbons (Fsp3) is 0.250. The van der Waals surface area contributed by atoms with E-state index in [9.17, 15) is 4.79 Å². The number of aryl methyl sites for hydroxylation is 1. The summed E-state index contributed by atoms with van der Waals surface area (Å²) in [5.74, 6) is 0.0565. The van der Waals surface area contributed by atoms with Crippen molar-refractivity contribution in [3.63, 3.8) is 0 Å². The van der Waals surface area contributed by atoms with Crippen LogP contribution < -0.4 is 11.1 Å². The highest BCUT2D eigenvalue weighted by Crippen LogP contribution is 2.16. The molecule has 0 radical (unpaired) electrons. The highest BCUT2D eigenvalue weighted by Gasteiger charge is 2.11. The van der Waals surface area contributed by atoms with Gasteiger partial charge in [-0.1, -0.05) is 0 Å². The van der Waals surface area contributed by atoms with E-state index >= 15 is 0 Å². The number of nitrogens with zero attached hydrogens (tertiary/aromatic N) is 3. The Morgan fingerprint density at radius 1 is 1.58 bits per heavy atom. The van der Waals surface area contributed by atoms with E-state index in [-0.39, 0.29) is 5.69 Å². The number of methoxy groups -OCH3 is 1. The molecule has 2 rings (SSSR count). The van der Waals surface area contributed by atoms with E-state index in [4.69, 9.17) is 5.73 Å². The van der Waals surface area contributed by atoms with Gasteiger partial charge in [-0.25, -0.2) is 9.78 Å². The second-order valence-corrected chi connectivity index (χ2v) is 3.98. The molecule has 7 nitrogen and oxygen atoms in total. The maximum atomic E-state index is 11.5. The summed E-state index contributed by atoms with van der Waals surface area (Å²) in [5.41, 5.74) is 7.13. The monoisotopic (exact) mass is 261 g/mol. The van der Waals surface area contributed by atoms with Gasteiger partial charge in [0.2, 0.25) is 0 Å². The molecule has 0 fully saturated rings. The van der Waals surface area contributed by atoms with Crippen LogP contribution in [0.3, 0.4) is 0 Å². The Morgan fingerprint density at radius 2 is 2.37 bits per heavy atom. The molecule has 0 aromatic carbocycles. The Labute approximate surface area is 110 Å². The standard InChI is InChI=1S/C12H15N5O2/c1-17-4-3-8(16-17)6-14-11-5-9(12(18)19-2)10(13)7-15-11/h3-5,7H,6,13H2,1-2H3,(H,14,15). The maximum Gasteiger partial charge on any atom is 0.340 e. The van der Waals surface area contributed by atoms with Gasteiger partial charge in [0.15, 0.2) is 0 Å². The van der Waals surface area contributed by atoms with E-state index in [1.165, 1.54) is 13.3 Å². The summed E-state index contributed by atoms with van der Waals surface area (Å²) in [7, 11) is 3.16. The second-order valence-electron chi connectivity index (χ2n) is 3.98. The number of nitrogen functional groups attached to an aromatic ring is 1. The molecule has 2 aromatic rings. The Bertz CT molecular complexity index is 594. The fourth-order valence-corrected chi connectivity index (χ4v) is 1.59. The Balaban J connectivity index is 2.10. The minimum atomic E-state index is -0.485. The molecule has 0 aliphatic carbocycles. The number of aromatic nitrogens is 3. The van der Waals surface area contributed by atoms with Gasteiger partial charge in [-0.3, -0.25) is 4.68 Å². The van der Waals surface area contributed by atoms with Gasteiger partial charge in [0.05, 0.1) is 36.8 Å². The summed E-state index contributed by atoms with van der Waals surface area (Å²) in [6, 6.07) is 3.45. The fourth-order valence-electron chi connectivity index (χ4n) is 1.59. The van der Waals surface area contributed by atoms with Crippen molar-refractivity contribution in [1.29, 1.82) is 0 Å². The highest BCUT2D eigenvalue weighted by molar-refractivity contribution is 5.95. The molecule has 3 N–H and O–H groups in total. The quantitative estimate of drug-likeness (QED) is 0.790. The smallest absolute Gasteiger partial charge is 0.340 e. The second kappa shape index (κ2) is 5.38. The van der Waals surface area contributed by atoms with Gasteiger partial charge in [0, 0.05) is 13.2 Å². The summed E-state index contributed by atoms with van der Waals surface area (Å²) in [5, 5.41) is 7.30. The van der Waals surface area contributed by atoms with Crippen LogP contribution in [0.2, 0.25) is 0 Å². The summed E-state index contributed by atoms with van der Waals surface area (Å²) >= 11 is 0. The highest BCUT2D eigenvalue weighted by atomic mass is 16.5. The van der Waals surface area contributed by atoms with Crippen molar-refractivity contribution in [3.8, 4) is 0 Å². The molecule has 0 spiro atoms. The molecular weight excluding hydrogens is 246 g/mol. The number of carbonyl (C=O) groups is 1. The zero-order valence-corrected chi connectivity index (χ0v) is 10.8. The Morgan fingerprint density at radius 3 is 3.00 bits per heavy atom. The van der Waals surface area contributed by atoms with Crippen LogP contribution in [-0.2, 0) is 18.3 Å². The molecule has 0 aliphatic rings. The van der Waals surface area contributed by atoms with Crippen molar-refractivity contribution in [3.05, 3.63) is 35.8 Å². The molecule has 7 heteroatoms. The van der Waals surface area contributed by atoms with Gasteiger partial charge in [-0.05, 0) is 12.1 Å². The van der Waals surface area contributed by atoms with Crippen molar-refractivity contribution >= 4 is 17.5 Å². The van der Waals surface area contributed by atoms with Gasteiger partial charge in [0.1, 0.15) is 5.82 Å². The largest absolute Gasteiger partial charge is 0.465 e. The van der Waals surface area contributed by atoms with Crippen LogP contribution in [0.15, 0.2) is 24.5 Å². The van der Waals surface area contributed by atoms with Crippen LogP contribution in [-0.4, -0.2) is 27.8 Å². The number of nitrogens with two attached hydrogens (primary N) is 1. The summed E-state index contributed by atoms with van der Waals surface area (Å²) in [4.78, 5) is 15.6. The van der Waals surface area contributed by atoms with Crippen LogP contribution in [0.25, 0.3) is 0 Å². The lowest BCUT2D eigenvalue weighted by Crippen LogP contribution is -2.09. The number of carbonyl (C=O) groups excluding carboxylic acids is 1. The number of ether oxygens (including phenoxy) is 1. The van der Waals surface area contributed by atoms with E-state index in [2.05, 4.69) is 20.1 Å². The molecular formula is C12H15N5O2. The number of hydrogen-bond donors (Lipinski definition) is 2. The number of pyridine rings is 1. The zero-order chi connectivity index (χ0) is 13.8. The van der Waals surface area contributed by atoms with Crippen molar-refractivity contribution < 1.29 is 9.53 Å². The minimum Gasteiger partial charge on any atom is -0.465 e. The predicted octanol–water partition coefficient (Wildman–Crippen LogP) is 0.796. The normalized spacial score (nSPS) is 10.2. The topological polar surface area (TPSA) is 95.1 Å². The van der Waals surface area contributed by atoms with Gasteiger partial charge in [-0.15, -0.1) is 0 Å². The lowest BCUT2D eigenvalue weighted by molar-refractivity contribution is 0.0602. The first-order valence-electron chi connectivity index (χ1n) is 5.66. The Kier molecular flexibility index (Phi) is 3.65. The Hall–Kier alpha value is -2.57. The van der Waals surface area contributed by atoms with Gasteiger partial charge in [0.25, 0.3) is 0 Å². The molecule has 0 atom stereocenters. The molecule has 100 valence electrons. The van der Waals surface area contributed by atoms with E-state index in [1.54, 1.807) is 10.7 Å². The molecule has 0 bridgehead atoms. The van der Waals surface area contributed by atoms with E-state index in [1.807, 2.05) is 19.3 Å². The van der Waals surface area contributed by atoms with Gasteiger partial charge >= 0.3 is 5.97 Å². The number of anilines is 2. The third-order valence-corrected chi connectivity index (χ3v) is 2.56. The molecule has 19 heavy (non-hydrogen) atoms. The van der Waals surface area contributed by atoms with E-state index in [0.717, 1.165) is 5.69 Å². The lowest BCUT2D eigenvalue weighted by Gasteiger charge is -2.07. The maximum absolute atomic E-state index is 11.5.